The molecule has 3 rings (SSSR count). The van der Waals surface area contributed by atoms with Crippen molar-refractivity contribution in [3.05, 3.63) is 57.5 Å². The van der Waals surface area contributed by atoms with Gasteiger partial charge in [0.05, 0.1) is 10.6 Å². The summed E-state index contributed by atoms with van der Waals surface area (Å²) in [5, 5.41) is 0.701. The van der Waals surface area contributed by atoms with Crippen molar-refractivity contribution in [3.63, 3.8) is 0 Å². The molecule has 0 unspecified atom stereocenters. The van der Waals surface area contributed by atoms with E-state index in [-0.39, 0.29) is 0 Å². The lowest BCUT2D eigenvalue weighted by Gasteiger charge is -2.07. The smallest absolute Gasteiger partial charge is 0.184 e. The minimum Gasteiger partial charge on any atom is -0.224 e. The van der Waals surface area contributed by atoms with E-state index in [2.05, 4.69) is 29.7 Å². The van der Waals surface area contributed by atoms with E-state index in [1.807, 2.05) is 37.3 Å². The molecule has 0 aliphatic carbocycles. The number of benzene rings is 2. The number of rotatable bonds is 2. The molecule has 0 bridgehead atoms. The Balaban J connectivity index is 2.17. The number of aryl methyl sites for hydroxylation is 1. The molecule has 0 amide bonds. The number of thiol groups is 1. The normalized spacial score (nSPS) is 10.9. The quantitative estimate of drug-likeness (QED) is 0.528. The van der Waals surface area contributed by atoms with E-state index in [1.54, 1.807) is 0 Å². The van der Waals surface area contributed by atoms with Gasteiger partial charge in [-0.25, -0.2) is 4.98 Å². The molecule has 0 saturated heterocycles. The number of hydrogen-bond donors (Lipinski definition) is 1. The Hall–Kier alpha value is -1.00. The van der Waals surface area contributed by atoms with Gasteiger partial charge in [-0.1, -0.05) is 47.5 Å². The predicted octanol–water partition coefficient (Wildman–Crippen LogP) is 6.38. The van der Waals surface area contributed by atoms with E-state index in [1.165, 1.54) is 16.9 Å². The van der Waals surface area contributed by atoms with Gasteiger partial charge in [-0.3, -0.25) is 0 Å². The molecule has 0 fully saturated rings. The van der Waals surface area contributed by atoms with Gasteiger partial charge in [-0.2, -0.15) is 0 Å². The van der Waals surface area contributed by atoms with Gasteiger partial charge >= 0.3 is 0 Å². The zero-order chi connectivity index (χ0) is 15.0. The third-order valence-corrected chi connectivity index (χ3v) is 4.93. The maximum atomic E-state index is 6.14. The average molecular weight is 352 g/mol. The zero-order valence-corrected chi connectivity index (χ0v) is 14.3. The molecule has 1 aromatic heterocycles. The Morgan fingerprint density at radius 3 is 2.43 bits per heavy atom. The molecule has 0 spiro atoms. The molecule has 1 heterocycles. The highest BCUT2D eigenvalue weighted by atomic mass is 35.5. The Bertz CT molecular complexity index is 795. The van der Waals surface area contributed by atoms with Crippen LogP contribution in [-0.2, 0) is 0 Å². The van der Waals surface area contributed by atoms with Crippen molar-refractivity contribution in [2.45, 2.75) is 11.8 Å². The second-order valence-corrected chi connectivity index (χ2v) is 7.17. The highest BCUT2D eigenvalue weighted by Gasteiger charge is 2.16. The molecular formula is C16H11Cl2NS2. The lowest BCUT2D eigenvalue weighted by atomic mass is 10.1. The highest BCUT2D eigenvalue weighted by Crippen LogP contribution is 2.41. The van der Waals surface area contributed by atoms with Gasteiger partial charge in [0.15, 0.2) is 4.47 Å². The van der Waals surface area contributed by atoms with Crippen LogP contribution in [0.4, 0.5) is 0 Å². The Kier molecular flexibility index (Phi) is 4.27. The molecule has 0 aliphatic heterocycles. The summed E-state index contributed by atoms with van der Waals surface area (Å²) in [6.45, 7) is 2.04. The van der Waals surface area contributed by atoms with Crippen LogP contribution in [0.3, 0.4) is 0 Å². The van der Waals surface area contributed by atoms with Crippen molar-refractivity contribution in [1.29, 1.82) is 0 Å². The van der Waals surface area contributed by atoms with Crippen LogP contribution in [0.1, 0.15) is 5.56 Å². The lowest BCUT2D eigenvalue weighted by molar-refractivity contribution is 1.36. The SMILES string of the molecule is Cc1ccc(-c2sc(Cl)nc2-c2ccc(Cl)cc2)c(S)c1. The Labute approximate surface area is 143 Å². The van der Waals surface area contributed by atoms with Gasteiger partial charge in [0.25, 0.3) is 0 Å². The third kappa shape index (κ3) is 3.11. The standard InChI is InChI=1S/C16H11Cl2NS2/c1-9-2-7-12(13(20)8-9)15-14(19-16(18)21-15)10-3-5-11(17)6-4-10/h2-8,20H,1H3. The zero-order valence-electron chi connectivity index (χ0n) is 11.1. The molecule has 2 aromatic carbocycles. The summed E-state index contributed by atoms with van der Waals surface area (Å²) in [6.07, 6.45) is 0. The minimum atomic E-state index is 0.517. The summed E-state index contributed by atoms with van der Waals surface area (Å²) in [5.41, 5.74) is 4.07. The van der Waals surface area contributed by atoms with Crippen LogP contribution < -0.4 is 0 Å². The lowest BCUT2D eigenvalue weighted by Crippen LogP contribution is -1.84. The molecule has 0 saturated carbocycles. The third-order valence-electron chi connectivity index (χ3n) is 3.12. The van der Waals surface area contributed by atoms with Gasteiger partial charge in [0.2, 0.25) is 0 Å². The molecule has 0 radical (unpaired) electrons. The maximum Gasteiger partial charge on any atom is 0.184 e. The number of hydrogen-bond acceptors (Lipinski definition) is 3. The first-order valence-corrected chi connectivity index (χ1v) is 8.29. The van der Waals surface area contributed by atoms with Crippen LogP contribution >= 0.6 is 47.2 Å². The fourth-order valence-corrected chi connectivity index (χ4v) is 3.87. The summed E-state index contributed by atoms with van der Waals surface area (Å²) in [6, 6.07) is 13.8. The summed E-state index contributed by atoms with van der Waals surface area (Å²) in [7, 11) is 0. The molecule has 3 aromatic rings. The number of halogens is 2. The Morgan fingerprint density at radius 2 is 1.76 bits per heavy atom. The van der Waals surface area contributed by atoms with Crippen molar-refractivity contribution < 1.29 is 0 Å². The highest BCUT2D eigenvalue weighted by molar-refractivity contribution is 7.80. The fourth-order valence-electron chi connectivity index (χ4n) is 2.11. The largest absolute Gasteiger partial charge is 0.224 e. The van der Waals surface area contributed by atoms with Crippen molar-refractivity contribution in [2.24, 2.45) is 0 Å². The average Bonchev–Trinajstić information content (AvgIpc) is 2.81. The van der Waals surface area contributed by atoms with Crippen LogP contribution in [0, 0.1) is 6.92 Å². The van der Waals surface area contributed by atoms with Crippen molar-refractivity contribution in [2.75, 3.05) is 0 Å². The summed E-state index contributed by atoms with van der Waals surface area (Å²) < 4.78 is 0.517. The molecule has 21 heavy (non-hydrogen) atoms. The van der Waals surface area contributed by atoms with E-state index < -0.39 is 0 Å². The molecule has 5 heteroatoms. The molecule has 1 nitrogen and oxygen atoms in total. The van der Waals surface area contributed by atoms with Crippen LogP contribution in [-0.4, -0.2) is 4.98 Å². The van der Waals surface area contributed by atoms with Gasteiger partial charge in [0.1, 0.15) is 0 Å². The van der Waals surface area contributed by atoms with Gasteiger partial charge in [-0.15, -0.1) is 24.0 Å². The monoisotopic (exact) mass is 351 g/mol. The van der Waals surface area contributed by atoms with E-state index in [0.717, 1.165) is 26.6 Å². The predicted molar refractivity (Wildman–Crippen MR) is 95.0 cm³/mol. The van der Waals surface area contributed by atoms with Gasteiger partial charge in [0, 0.05) is 21.0 Å². The first-order valence-electron chi connectivity index (χ1n) is 6.27. The number of nitrogens with zero attached hydrogens (tertiary/aromatic N) is 1. The number of aromatic nitrogens is 1. The van der Waals surface area contributed by atoms with Crippen LogP contribution in [0.2, 0.25) is 9.49 Å². The minimum absolute atomic E-state index is 0.517. The second-order valence-electron chi connectivity index (χ2n) is 4.67. The van der Waals surface area contributed by atoms with Crippen LogP contribution in [0.15, 0.2) is 47.4 Å². The van der Waals surface area contributed by atoms with Crippen LogP contribution in [0.25, 0.3) is 21.7 Å². The molecule has 0 aliphatic rings. The molecule has 106 valence electrons. The van der Waals surface area contributed by atoms with Gasteiger partial charge in [-0.05, 0) is 30.7 Å². The first-order chi connectivity index (χ1) is 10.0. The van der Waals surface area contributed by atoms with Gasteiger partial charge < -0.3 is 0 Å². The maximum absolute atomic E-state index is 6.14. The Morgan fingerprint density at radius 1 is 1.05 bits per heavy atom. The van der Waals surface area contributed by atoms with E-state index in [9.17, 15) is 0 Å². The van der Waals surface area contributed by atoms with E-state index in [0.29, 0.717) is 9.49 Å². The summed E-state index contributed by atoms with van der Waals surface area (Å²) in [4.78, 5) is 6.40. The molecule has 0 atom stereocenters. The molecule has 0 N–H and O–H groups in total. The second kappa shape index (κ2) is 6.01. The van der Waals surface area contributed by atoms with E-state index >= 15 is 0 Å². The van der Waals surface area contributed by atoms with E-state index in [4.69, 9.17) is 23.2 Å². The first kappa shape index (κ1) is 14.9. The topological polar surface area (TPSA) is 12.9 Å². The van der Waals surface area contributed by atoms with Crippen molar-refractivity contribution in [1.82, 2.24) is 4.98 Å². The molecular weight excluding hydrogens is 341 g/mol. The van der Waals surface area contributed by atoms with Crippen molar-refractivity contribution >= 4 is 47.2 Å². The summed E-state index contributed by atoms with van der Waals surface area (Å²) >= 11 is 18.1. The van der Waals surface area contributed by atoms with Crippen molar-refractivity contribution in [3.8, 4) is 21.7 Å². The summed E-state index contributed by atoms with van der Waals surface area (Å²) in [5.74, 6) is 0. The van der Waals surface area contributed by atoms with Crippen LogP contribution in [0.5, 0.6) is 0 Å². The fraction of sp³-hybridized carbons (Fsp3) is 0.0625. The number of thiazole rings is 1.